The van der Waals surface area contributed by atoms with Crippen LogP contribution in [0.2, 0.25) is 0 Å². The molecule has 5 rings (SSSR count). The molecular weight excluding hydrogens is 475 g/mol. The summed E-state index contributed by atoms with van der Waals surface area (Å²) in [7, 11) is 0. The molecule has 35 heavy (non-hydrogen) atoms. The van der Waals surface area contributed by atoms with E-state index in [2.05, 4.69) is 16.4 Å². The minimum Gasteiger partial charge on any atom is -0.339 e. The Labute approximate surface area is 205 Å². The molecule has 2 aromatic carbocycles. The summed E-state index contributed by atoms with van der Waals surface area (Å²) in [5.41, 5.74) is 2.50. The Morgan fingerprint density at radius 2 is 1.77 bits per heavy atom. The minimum absolute atomic E-state index is 0.0588. The highest BCUT2D eigenvalue weighted by Gasteiger charge is 2.36. The van der Waals surface area contributed by atoms with E-state index in [0.717, 1.165) is 36.0 Å². The van der Waals surface area contributed by atoms with Gasteiger partial charge in [-0.3, -0.25) is 9.59 Å². The number of likely N-dealkylation sites (tertiary alicyclic amines) is 1. The first-order chi connectivity index (χ1) is 16.8. The Kier molecular flexibility index (Phi) is 6.35. The quantitative estimate of drug-likeness (QED) is 0.485. The minimum atomic E-state index is -4.58. The van der Waals surface area contributed by atoms with Gasteiger partial charge in [-0.15, -0.1) is 11.3 Å². The van der Waals surface area contributed by atoms with Crippen LogP contribution in [0.25, 0.3) is 0 Å². The number of alkyl halides is 3. The van der Waals surface area contributed by atoms with Crippen LogP contribution in [-0.4, -0.2) is 34.8 Å². The first kappa shape index (κ1) is 23.5. The van der Waals surface area contributed by atoms with Gasteiger partial charge in [-0.1, -0.05) is 18.2 Å². The van der Waals surface area contributed by atoms with Crippen LogP contribution in [0.5, 0.6) is 0 Å². The second kappa shape index (κ2) is 9.45. The lowest BCUT2D eigenvalue weighted by atomic mass is 9.96. The maximum Gasteiger partial charge on any atom is 0.417 e. The summed E-state index contributed by atoms with van der Waals surface area (Å²) in [4.78, 5) is 31.5. The van der Waals surface area contributed by atoms with E-state index < -0.39 is 17.6 Å². The fourth-order valence-electron chi connectivity index (χ4n) is 4.84. The van der Waals surface area contributed by atoms with Crippen molar-refractivity contribution in [3.63, 3.8) is 0 Å². The second-order valence-electron chi connectivity index (χ2n) is 8.97. The number of piperidine rings is 1. The lowest BCUT2D eigenvalue weighted by Crippen LogP contribution is -2.38. The van der Waals surface area contributed by atoms with Crippen molar-refractivity contribution in [2.75, 3.05) is 18.4 Å². The van der Waals surface area contributed by atoms with Gasteiger partial charge in [0.15, 0.2) is 0 Å². The molecule has 1 saturated heterocycles. The largest absolute Gasteiger partial charge is 0.417 e. The molecule has 2 aliphatic rings. The van der Waals surface area contributed by atoms with Crippen LogP contribution in [0.4, 0.5) is 18.9 Å². The molecule has 1 aliphatic heterocycles. The zero-order chi connectivity index (χ0) is 24.6. The van der Waals surface area contributed by atoms with Gasteiger partial charge in [0.1, 0.15) is 5.69 Å². The van der Waals surface area contributed by atoms with Crippen molar-refractivity contribution >= 4 is 28.8 Å². The third-order valence-corrected chi connectivity index (χ3v) is 7.71. The highest BCUT2D eigenvalue weighted by Crippen LogP contribution is 2.35. The number of hydrogen-bond donors (Lipinski definition) is 1. The molecule has 2 heterocycles. The number of halogens is 3. The molecule has 1 aromatic heterocycles. The summed E-state index contributed by atoms with van der Waals surface area (Å²) < 4.78 is 39.9. The van der Waals surface area contributed by atoms with Gasteiger partial charge in [-0.25, -0.2) is 4.98 Å². The molecule has 0 unspecified atom stereocenters. The van der Waals surface area contributed by atoms with E-state index >= 15 is 0 Å². The molecule has 1 fully saturated rings. The fraction of sp³-hybridized carbons (Fsp3) is 0.346. The smallest absolute Gasteiger partial charge is 0.339 e. The number of amides is 2. The van der Waals surface area contributed by atoms with Gasteiger partial charge < -0.3 is 10.2 Å². The number of hydrogen-bond acceptors (Lipinski definition) is 4. The highest BCUT2D eigenvalue weighted by molar-refractivity contribution is 7.10. The fourth-order valence-corrected chi connectivity index (χ4v) is 5.81. The number of aromatic nitrogens is 1. The summed E-state index contributed by atoms with van der Waals surface area (Å²) in [5, 5.41) is 5.47. The van der Waals surface area contributed by atoms with E-state index in [-0.39, 0.29) is 17.4 Å². The molecule has 9 heteroatoms. The third kappa shape index (κ3) is 4.96. The van der Waals surface area contributed by atoms with Crippen molar-refractivity contribution in [1.82, 2.24) is 9.88 Å². The number of thiazole rings is 1. The lowest BCUT2D eigenvalue weighted by Gasteiger charge is -2.31. The van der Waals surface area contributed by atoms with E-state index in [4.69, 9.17) is 0 Å². The van der Waals surface area contributed by atoms with E-state index in [0.29, 0.717) is 31.6 Å². The zero-order valence-electron chi connectivity index (χ0n) is 18.9. The molecule has 1 N–H and O–H groups in total. The van der Waals surface area contributed by atoms with Gasteiger partial charge in [0, 0.05) is 30.1 Å². The van der Waals surface area contributed by atoms with Crippen molar-refractivity contribution in [3.05, 3.63) is 80.8 Å². The number of rotatable bonds is 4. The second-order valence-corrected chi connectivity index (χ2v) is 9.86. The SMILES string of the molecule is O=C(Nc1ccc2c(c1)CCC2)c1csc(C2CCN(C(=O)c3ccccc3C(F)(F)F)CC2)n1. The van der Waals surface area contributed by atoms with Crippen molar-refractivity contribution in [2.45, 2.75) is 44.2 Å². The van der Waals surface area contributed by atoms with Crippen LogP contribution >= 0.6 is 11.3 Å². The van der Waals surface area contributed by atoms with E-state index in [1.54, 1.807) is 5.38 Å². The van der Waals surface area contributed by atoms with Crippen LogP contribution in [0, 0.1) is 0 Å². The molecule has 0 saturated carbocycles. The van der Waals surface area contributed by atoms with Crippen LogP contribution in [0.15, 0.2) is 47.8 Å². The third-order valence-electron chi connectivity index (χ3n) is 6.71. The van der Waals surface area contributed by atoms with Gasteiger partial charge in [0.2, 0.25) is 0 Å². The maximum absolute atomic E-state index is 13.3. The standard InChI is InChI=1S/C26H24F3N3O2S/c27-26(28,29)21-7-2-1-6-20(21)25(34)32-12-10-17(11-13-32)24-31-22(15-35-24)23(33)30-19-9-8-16-4-3-5-18(16)14-19/h1-2,6-9,14-15,17H,3-5,10-13H2,(H,30,33). The van der Waals surface area contributed by atoms with Crippen molar-refractivity contribution in [1.29, 1.82) is 0 Å². The van der Waals surface area contributed by atoms with Crippen LogP contribution in [-0.2, 0) is 19.0 Å². The van der Waals surface area contributed by atoms with Crippen LogP contribution in [0.3, 0.4) is 0 Å². The summed E-state index contributed by atoms with van der Waals surface area (Å²) in [6, 6.07) is 10.9. The van der Waals surface area contributed by atoms with Crippen molar-refractivity contribution in [3.8, 4) is 0 Å². The van der Waals surface area contributed by atoms with Crippen molar-refractivity contribution in [2.24, 2.45) is 0 Å². The molecule has 1 aliphatic carbocycles. The summed E-state index contributed by atoms with van der Waals surface area (Å²) in [6.07, 6.45) is -0.163. The number of carbonyl (C=O) groups excluding carboxylic acids is 2. The normalized spacial score (nSPS) is 16.3. The number of benzene rings is 2. The molecule has 182 valence electrons. The molecule has 0 spiro atoms. The van der Waals surface area contributed by atoms with Crippen LogP contribution < -0.4 is 5.32 Å². The molecule has 5 nitrogen and oxygen atoms in total. The summed E-state index contributed by atoms with van der Waals surface area (Å²) in [5.74, 6) is -0.810. The summed E-state index contributed by atoms with van der Waals surface area (Å²) >= 11 is 1.40. The lowest BCUT2D eigenvalue weighted by molar-refractivity contribution is -0.138. The number of carbonyl (C=O) groups is 2. The van der Waals surface area contributed by atoms with Crippen LogP contribution in [0.1, 0.15) is 67.7 Å². The van der Waals surface area contributed by atoms with Gasteiger partial charge in [0.05, 0.1) is 16.1 Å². The number of aryl methyl sites for hydroxylation is 2. The Morgan fingerprint density at radius 3 is 2.54 bits per heavy atom. The monoisotopic (exact) mass is 499 g/mol. The molecule has 0 radical (unpaired) electrons. The number of fused-ring (bicyclic) bond motifs is 1. The van der Waals surface area contributed by atoms with E-state index in [1.807, 2.05) is 12.1 Å². The molecule has 3 aromatic rings. The molecule has 0 bridgehead atoms. The van der Waals surface area contributed by atoms with Gasteiger partial charge >= 0.3 is 6.18 Å². The highest BCUT2D eigenvalue weighted by atomic mass is 32.1. The number of nitrogens with zero attached hydrogens (tertiary/aromatic N) is 2. The topological polar surface area (TPSA) is 62.3 Å². The molecule has 0 atom stereocenters. The van der Waals surface area contributed by atoms with E-state index in [1.165, 1.54) is 45.6 Å². The predicted octanol–water partition coefficient (Wildman–Crippen LogP) is 5.92. The Bertz CT molecular complexity index is 1260. The molecule has 2 amide bonds. The number of nitrogens with one attached hydrogen (secondary N) is 1. The number of anilines is 1. The van der Waals surface area contributed by atoms with E-state index in [9.17, 15) is 22.8 Å². The average Bonchev–Trinajstić information content (AvgIpc) is 3.53. The molecular formula is C26H24F3N3O2S. The Balaban J connectivity index is 1.20. The predicted molar refractivity (Wildman–Crippen MR) is 128 cm³/mol. The first-order valence-electron chi connectivity index (χ1n) is 11.6. The average molecular weight is 500 g/mol. The van der Waals surface area contributed by atoms with Gasteiger partial charge in [-0.05, 0) is 67.5 Å². The maximum atomic E-state index is 13.3. The van der Waals surface area contributed by atoms with Gasteiger partial charge in [-0.2, -0.15) is 13.2 Å². The Hall–Kier alpha value is -3.20. The van der Waals surface area contributed by atoms with Gasteiger partial charge in [0.25, 0.3) is 11.8 Å². The zero-order valence-corrected chi connectivity index (χ0v) is 19.7. The Morgan fingerprint density at radius 1 is 1.03 bits per heavy atom. The first-order valence-corrected chi connectivity index (χ1v) is 12.5. The summed E-state index contributed by atoms with van der Waals surface area (Å²) in [6.45, 7) is 0.678. The van der Waals surface area contributed by atoms with Crippen molar-refractivity contribution < 1.29 is 22.8 Å².